The van der Waals surface area contributed by atoms with Gasteiger partial charge in [0.2, 0.25) is 10.0 Å². The molecule has 11 heteroatoms. The highest BCUT2D eigenvalue weighted by Crippen LogP contribution is 2.22. The molecule has 1 aromatic carbocycles. The Morgan fingerprint density at radius 2 is 1.82 bits per heavy atom. The van der Waals surface area contributed by atoms with Crippen molar-refractivity contribution in [2.75, 3.05) is 26.2 Å². The number of aryl methyl sites for hydroxylation is 2. The molecule has 1 aliphatic rings. The Hall–Kier alpha value is -2.92. The van der Waals surface area contributed by atoms with Gasteiger partial charge in [0.15, 0.2) is 5.58 Å². The molecule has 0 aliphatic carbocycles. The summed E-state index contributed by atoms with van der Waals surface area (Å²) in [4.78, 5) is 25.8. The summed E-state index contributed by atoms with van der Waals surface area (Å²) >= 11 is 0. The fourth-order valence-electron chi connectivity index (χ4n) is 3.30. The quantitative estimate of drug-likeness (QED) is 0.607. The van der Waals surface area contributed by atoms with Crippen LogP contribution in [0.15, 0.2) is 44.6 Å². The van der Waals surface area contributed by atoms with E-state index in [2.05, 4.69) is 5.10 Å². The van der Waals surface area contributed by atoms with E-state index >= 15 is 0 Å². The maximum absolute atomic E-state index is 13.0. The number of piperazine rings is 1. The van der Waals surface area contributed by atoms with Crippen molar-refractivity contribution in [2.45, 2.75) is 4.90 Å². The van der Waals surface area contributed by atoms with Gasteiger partial charge in [-0.1, -0.05) is 0 Å². The molecule has 1 aliphatic heterocycles. The van der Waals surface area contributed by atoms with Gasteiger partial charge >= 0.3 is 5.76 Å². The van der Waals surface area contributed by atoms with E-state index in [1.807, 2.05) is 0 Å². The highest BCUT2D eigenvalue weighted by molar-refractivity contribution is 7.89. The molecule has 1 saturated heterocycles. The van der Waals surface area contributed by atoms with Gasteiger partial charge in [-0.2, -0.15) is 9.40 Å². The minimum atomic E-state index is -3.76. The highest BCUT2D eigenvalue weighted by atomic mass is 32.2. The van der Waals surface area contributed by atoms with E-state index in [0.29, 0.717) is 11.2 Å². The molecular formula is C17H19N5O5S. The fourth-order valence-corrected chi connectivity index (χ4v) is 4.74. The first kappa shape index (κ1) is 18.4. The number of nitrogens with zero attached hydrogens (tertiary/aromatic N) is 5. The van der Waals surface area contributed by atoms with Gasteiger partial charge < -0.3 is 9.32 Å². The average Bonchev–Trinajstić information content (AvgIpc) is 3.24. The van der Waals surface area contributed by atoms with E-state index in [9.17, 15) is 18.0 Å². The molecule has 28 heavy (non-hydrogen) atoms. The Kier molecular flexibility index (Phi) is 4.35. The van der Waals surface area contributed by atoms with Crippen LogP contribution in [0.2, 0.25) is 0 Å². The van der Waals surface area contributed by atoms with Crippen LogP contribution in [0.1, 0.15) is 10.5 Å². The fraction of sp³-hybridized carbons (Fsp3) is 0.353. The molecule has 3 aromatic rings. The molecular weight excluding hydrogens is 386 g/mol. The molecule has 0 saturated carbocycles. The van der Waals surface area contributed by atoms with Crippen molar-refractivity contribution in [3.05, 3.63) is 46.7 Å². The molecule has 3 heterocycles. The first-order chi connectivity index (χ1) is 13.3. The molecule has 0 spiro atoms. The van der Waals surface area contributed by atoms with Gasteiger partial charge in [-0.3, -0.25) is 14.0 Å². The SMILES string of the molecule is Cn1nccc1C(=O)N1CCN(S(=O)(=O)c2ccc3c(c2)oc(=O)n3C)CC1. The summed E-state index contributed by atoms with van der Waals surface area (Å²) in [5, 5.41) is 3.99. The number of fused-ring (bicyclic) bond motifs is 1. The van der Waals surface area contributed by atoms with Gasteiger partial charge in [0.25, 0.3) is 5.91 Å². The number of oxazole rings is 1. The van der Waals surface area contributed by atoms with Gasteiger partial charge in [-0.25, -0.2) is 13.2 Å². The second kappa shape index (κ2) is 6.60. The Morgan fingerprint density at radius 1 is 1.11 bits per heavy atom. The molecule has 1 fully saturated rings. The van der Waals surface area contributed by atoms with Crippen LogP contribution < -0.4 is 5.76 Å². The van der Waals surface area contributed by atoms with Gasteiger partial charge in [-0.15, -0.1) is 0 Å². The number of hydrogen-bond acceptors (Lipinski definition) is 6. The summed E-state index contributed by atoms with van der Waals surface area (Å²) in [5.74, 6) is -0.726. The predicted molar refractivity (Wildman–Crippen MR) is 99.3 cm³/mol. The van der Waals surface area contributed by atoms with Crippen LogP contribution in [0.5, 0.6) is 0 Å². The number of amides is 1. The first-order valence-corrected chi connectivity index (χ1v) is 10.1. The third kappa shape index (κ3) is 2.92. The number of carbonyl (C=O) groups is 1. The van der Waals surface area contributed by atoms with E-state index < -0.39 is 15.8 Å². The van der Waals surface area contributed by atoms with Crippen molar-refractivity contribution < 1.29 is 17.6 Å². The van der Waals surface area contributed by atoms with Crippen LogP contribution in [0.4, 0.5) is 0 Å². The van der Waals surface area contributed by atoms with Gasteiger partial charge in [0.05, 0.1) is 10.4 Å². The second-order valence-electron chi connectivity index (χ2n) is 6.59. The largest absolute Gasteiger partial charge is 0.419 e. The van der Waals surface area contributed by atoms with Crippen LogP contribution in [-0.2, 0) is 24.1 Å². The van der Waals surface area contributed by atoms with Gasteiger partial charge in [-0.05, 0) is 18.2 Å². The number of rotatable bonds is 3. The molecule has 1 amide bonds. The lowest BCUT2D eigenvalue weighted by Gasteiger charge is -2.33. The zero-order valence-electron chi connectivity index (χ0n) is 15.4. The number of hydrogen-bond donors (Lipinski definition) is 0. The molecule has 10 nitrogen and oxygen atoms in total. The van der Waals surface area contributed by atoms with Crippen molar-refractivity contribution in [3.63, 3.8) is 0 Å². The number of sulfonamides is 1. The summed E-state index contributed by atoms with van der Waals surface area (Å²) in [7, 11) is -0.519. The lowest BCUT2D eigenvalue weighted by atomic mass is 10.3. The van der Waals surface area contributed by atoms with E-state index in [4.69, 9.17) is 4.42 Å². The third-order valence-corrected chi connectivity index (χ3v) is 6.86. The van der Waals surface area contributed by atoms with Crippen LogP contribution in [0.3, 0.4) is 0 Å². The van der Waals surface area contributed by atoms with Crippen molar-refractivity contribution >= 4 is 27.0 Å². The van der Waals surface area contributed by atoms with Crippen molar-refractivity contribution in [2.24, 2.45) is 14.1 Å². The van der Waals surface area contributed by atoms with Gasteiger partial charge in [0.1, 0.15) is 5.69 Å². The van der Waals surface area contributed by atoms with E-state index in [1.54, 1.807) is 37.3 Å². The predicted octanol–water partition coefficient (Wildman–Crippen LogP) is 0.0117. The number of aromatic nitrogens is 3. The van der Waals surface area contributed by atoms with Crippen molar-refractivity contribution in [1.29, 1.82) is 0 Å². The van der Waals surface area contributed by atoms with Gasteiger partial charge in [0, 0.05) is 52.5 Å². The molecule has 0 atom stereocenters. The molecule has 0 N–H and O–H groups in total. The standard InChI is InChI=1S/C17H19N5O5S/c1-19-13-4-3-12(11-15(13)27-17(19)24)28(25,26)22-9-7-21(8-10-22)16(23)14-5-6-18-20(14)2/h3-6,11H,7-10H2,1-2H3. The minimum Gasteiger partial charge on any atom is -0.408 e. The number of carbonyl (C=O) groups excluding carboxylic acids is 1. The lowest BCUT2D eigenvalue weighted by molar-refractivity contribution is 0.0687. The number of benzene rings is 1. The first-order valence-electron chi connectivity index (χ1n) is 8.66. The molecule has 0 radical (unpaired) electrons. The Bertz CT molecular complexity index is 1210. The topological polar surface area (TPSA) is 111 Å². The van der Waals surface area contributed by atoms with Crippen LogP contribution in [0.25, 0.3) is 11.1 Å². The Balaban J connectivity index is 1.53. The van der Waals surface area contributed by atoms with Crippen LogP contribution >= 0.6 is 0 Å². The third-order valence-electron chi connectivity index (χ3n) is 4.97. The average molecular weight is 405 g/mol. The Morgan fingerprint density at radius 3 is 2.46 bits per heavy atom. The maximum atomic E-state index is 13.0. The zero-order chi connectivity index (χ0) is 20.1. The maximum Gasteiger partial charge on any atom is 0.419 e. The van der Waals surface area contributed by atoms with E-state index in [0.717, 1.165) is 0 Å². The smallest absolute Gasteiger partial charge is 0.408 e. The van der Waals surface area contributed by atoms with Crippen molar-refractivity contribution in [1.82, 2.24) is 23.6 Å². The van der Waals surface area contributed by atoms with Crippen LogP contribution in [-0.4, -0.2) is 64.1 Å². The zero-order valence-corrected chi connectivity index (χ0v) is 16.2. The molecule has 0 unspecified atom stereocenters. The molecule has 0 bridgehead atoms. The van der Waals surface area contributed by atoms with Crippen molar-refractivity contribution in [3.8, 4) is 0 Å². The normalized spacial score (nSPS) is 16.0. The molecule has 148 valence electrons. The summed E-state index contributed by atoms with van der Waals surface area (Å²) in [5.41, 5.74) is 1.20. The summed E-state index contributed by atoms with van der Waals surface area (Å²) < 4.78 is 35.2. The molecule has 4 rings (SSSR count). The highest BCUT2D eigenvalue weighted by Gasteiger charge is 2.31. The Labute approximate surface area is 160 Å². The lowest BCUT2D eigenvalue weighted by Crippen LogP contribution is -2.50. The second-order valence-corrected chi connectivity index (χ2v) is 8.53. The van der Waals surface area contributed by atoms with Crippen LogP contribution in [0, 0.1) is 0 Å². The summed E-state index contributed by atoms with van der Waals surface area (Å²) in [6.07, 6.45) is 1.55. The van der Waals surface area contributed by atoms with E-state index in [1.165, 1.54) is 25.7 Å². The van der Waals surface area contributed by atoms with E-state index in [-0.39, 0.29) is 42.6 Å². The molecule has 2 aromatic heterocycles. The minimum absolute atomic E-state index is 0.0563. The monoisotopic (exact) mass is 405 g/mol. The summed E-state index contributed by atoms with van der Waals surface area (Å²) in [6.45, 7) is 0.934. The summed E-state index contributed by atoms with van der Waals surface area (Å²) in [6, 6.07) is 6.00.